The molecule has 1 aromatic rings. The average molecular weight is 264 g/mol. The third-order valence-corrected chi connectivity index (χ3v) is 5.31. The van der Waals surface area contributed by atoms with Crippen LogP contribution in [0.2, 0.25) is 0 Å². The van der Waals surface area contributed by atoms with E-state index in [1.807, 2.05) is 11.8 Å². The quantitative estimate of drug-likeness (QED) is 0.871. The number of aliphatic hydroxyl groups excluding tert-OH is 1. The van der Waals surface area contributed by atoms with Gasteiger partial charge in [0.1, 0.15) is 0 Å². The first-order valence-corrected chi connectivity index (χ1v) is 8.06. The third kappa shape index (κ3) is 4.03. The number of thioether (sulfide) groups is 1. The summed E-state index contributed by atoms with van der Waals surface area (Å²) in [4.78, 5) is 0. The van der Waals surface area contributed by atoms with Crippen molar-refractivity contribution in [3.8, 4) is 0 Å². The highest BCUT2D eigenvalue weighted by Gasteiger charge is 2.17. The Bertz CT molecular complexity index is 383. The molecular formula is C16H24OS. The first-order chi connectivity index (χ1) is 8.65. The summed E-state index contributed by atoms with van der Waals surface area (Å²) in [6.45, 7) is 4.24. The second-order valence-corrected chi connectivity index (χ2v) is 6.86. The van der Waals surface area contributed by atoms with E-state index in [-0.39, 0.29) is 6.10 Å². The largest absolute Gasteiger partial charge is 0.392 e. The lowest BCUT2D eigenvalue weighted by molar-refractivity contribution is 0.200. The van der Waals surface area contributed by atoms with E-state index in [4.69, 9.17) is 0 Å². The second kappa shape index (κ2) is 6.63. The van der Waals surface area contributed by atoms with E-state index in [2.05, 4.69) is 32.0 Å². The molecular weight excluding hydrogens is 240 g/mol. The highest BCUT2D eigenvalue weighted by Crippen LogP contribution is 2.30. The van der Waals surface area contributed by atoms with E-state index in [0.717, 1.165) is 17.4 Å². The summed E-state index contributed by atoms with van der Waals surface area (Å²) in [6.07, 6.45) is 6.06. The van der Waals surface area contributed by atoms with E-state index in [1.165, 1.54) is 42.4 Å². The van der Waals surface area contributed by atoms with E-state index in [1.54, 1.807) is 0 Å². The fourth-order valence-electron chi connectivity index (χ4n) is 2.64. The minimum absolute atomic E-state index is 0.198. The number of aryl methyl sites for hydroxylation is 2. The molecule has 1 aliphatic rings. The fourth-order valence-corrected chi connectivity index (χ4v) is 3.91. The van der Waals surface area contributed by atoms with Crippen molar-refractivity contribution in [3.05, 3.63) is 34.9 Å². The van der Waals surface area contributed by atoms with Crippen molar-refractivity contribution in [2.75, 3.05) is 5.75 Å². The first kappa shape index (κ1) is 14.0. The molecule has 1 saturated carbocycles. The summed E-state index contributed by atoms with van der Waals surface area (Å²) >= 11 is 1.97. The smallest absolute Gasteiger partial charge is 0.0671 e. The summed E-state index contributed by atoms with van der Waals surface area (Å²) in [6, 6.07) is 6.50. The molecule has 0 spiro atoms. The molecule has 1 N–H and O–H groups in total. The van der Waals surface area contributed by atoms with Gasteiger partial charge in [0.05, 0.1) is 6.10 Å². The Hall–Kier alpha value is -0.470. The van der Waals surface area contributed by atoms with Gasteiger partial charge < -0.3 is 5.11 Å². The van der Waals surface area contributed by atoms with Gasteiger partial charge in [0.15, 0.2) is 0 Å². The molecule has 1 aliphatic carbocycles. The second-order valence-electron chi connectivity index (χ2n) is 5.53. The van der Waals surface area contributed by atoms with Crippen molar-refractivity contribution in [3.63, 3.8) is 0 Å². The SMILES string of the molecule is Cc1ccc(C)c(CC(O)CSC2CCCC2)c1. The van der Waals surface area contributed by atoms with Gasteiger partial charge in [-0.2, -0.15) is 11.8 Å². The molecule has 0 heterocycles. The highest BCUT2D eigenvalue weighted by atomic mass is 32.2. The first-order valence-electron chi connectivity index (χ1n) is 7.01. The van der Waals surface area contributed by atoms with Crippen LogP contribution in [0.3, 0.4) is 0 Å². The minimum Gasteiger partial charge on any atom is -0.392 e. The topological polar surface area (TPSA) is 20.2 Å². The van der Waals surface area contributed by atoms with Crippen molar-refractivity contribution >= 4 is 11.8 Å². The number of aliphatic hydroxyl groups is 1. The van der Waals surface area contributed by atoms with Gasteiger partial charge in [-0.05, 0) is 44.2 Å². The summed E-state index contributed by atoms with van der Waals surface area (Å²) in [5.74, 6) is 0.887. The molecule has 0 saturated heterocycles. The van der Waals surface area contributed by atoms with Gasteiger partial charge in [0.25, 0.3) is 0 Å². The van der Waals surface area contributed by atoms with Crippen molar-refractivity contribution in [2.45, 2.75) is 57.3 Å². The molecule has 0 amide bonds. The van der Waals surface area contributed by atoms with Crippen molar-refractivity contribution in [1.29, 1.82) is 0 Å². The molecule has 0 aliphatic heterocycles. The van der Waals surface area contributed by atoms with Gasteiger partial charge in [-0.1, -0.05) is 36.6 Å². The zero-order chi connectivity index (χ0) is 13.0. The molecule has 1 fully saturated rings. The van der Waals surface area contributed by atoms with Crippen molar-refractivity contribution < 1.29 is 5.11 Å². The predicted molar refractivity (Wildman–Crippen MR) is 80.3 cm³/mol. The molecule has 18 heavy (non-hydrogen) atoms. The normalized spacial score (nSPS) is 18.2. The monoisotopic (exact) mass is 264 g/mol. The fraction of sp³-hybridized carbons (Fsp3) is 0.625. The molecule has 1 unspecified atom stereocenters. The van der Waals surface area contributed by atoms with E-state index >= 15 is 0 Å². The van der Waals surface area contributed by atoms with Crippen LogP contribution in [0.5, 0.6) is 0 Å². The Kier molecular flexibility index (Phi) is 5.13. The molecule has 1 aromatic carbocycles. The molecule has 2 heteroatoms. The van der Waals surface area contributed by atoms with E-state index in [9.17, 15) is 5.11 Å². The van der Waals surface area contributed by atoms with Gasteiger partial charge in [0.2, 0.25) is 0 Å². The van der Waals surface area contributed by atoms with Crippen LogP contribution in [-0.2, 0) is 6.42 Å². The molecule has 0 radical (unpaired) electrons. The maximum Gasteiger partial charge on any atom is 0.0671 e. The maximum absolute atomic E-state index is 10.2. The highest BCUT2D eigenvalue weighted by molar-refractivity contribution is 7.99. The lowest BCUT2D eigenvalue weighted by atomic mass is 10.0. The Morgan fingerprint density at radius 3 is 2.72 bits per heavy atom. The van der Waals surface area contributed by atoms with Gasteiger partial charge in [-0.15, -0.1) is 0 Å². The Morgan fingerprint density at radius 1 is 1.28 bits per heavy atom. The predicted octanol–water partition coefficient (Wildman–Crippen LogP) is 3.88. The third-order valence-electron chi connectivity index (χ3n) is 3.79. The zero-order valence-electron chi connectivity index (χ0n) is 11.5. The number of hydrogen-bond donors (Lipinski definition) is 1. The van der Waals surface area contributed by atoms with Gasteiger partial charge in [-0.3, -0.25) is 0 Å². The van der Waals surface area contributed by atoms with Crippen LogP contribution in [0.15, 0.2) is 18.2 Å². The average Bonchev–Trinajstić information content (AvgIpc) is 2.84. The van der Waals surface area contributed by atoms with E-state index in [0.29, 0.717) is 0 Å². The van der Waals surface area contributed by atoms with E-state index < -0.39 is 0 Å². The summed E-state index contributed by atoms with van der Waals surface area (Å²) in [5.41, 5.74) is 3.88. The van der Waals surface area contributed by atoms with Crippen molar-refractivity contribution in [1.82, 2.24) is 0 Å². The Morgan fingerprint density at radius 2 is 2.00 bits per heavy atom. The Balaban J connectivity index is 1.82. The molecule has 1 atom stereocenters. The number of rotatable bonds is 5. The molecule has 1 nitrogen and oxygen atoms in total. The van der Waals surface area contributed by atoms with Gasteiger partial charge >= 0.3 is 0 Å². The van der Waals surface area contributed by atoms with Gasteiger partial charge in [-0.25, -0.2) is 0 Å². The van der Waals surface area contributed by atoms with Crippen LogP contribution in [0.1, 0.15) is 42.4 Å². The molecule has 0 aromatic heterocycles. The number of benzene rings is 1. The van der Waals surface area contributed by atoms with Gasteiger partial charge in [0, 0.05) is 11.0 Å². The molecule has 100 valence electrons. The van der Waals surface area contributed by atoms with Crippen LogP contribution in [0.4, 0.5) is 0 Å². The van der Waals surface area contributed by atoms with Crippen LogP contribution < -0.4 is 0 Å². The zero-order valence-corrected chi connectivity index (χ0v) is 12.3. The van der Waals surface area contributed by atoms with Crippen LogP contribution in [0, 0.1) is 13.8 Å². The lowest BCUT2D eigenvalue weighted by Gasteiger charge is -2.15. The van der Waals surface area contributed by atoms with Crippen LogP contribution >= 0.6 is 11.8 Å². The van der Waals surface area contributed by atoms with Crippen molar-refractivity contribution in [2.24, 2.45) is 0 Å². The lowest BCUT2D eigenvalue weighted by Crippen LogP contribution is -2.16. The number of hydrogen-bond acceptors (Lipinski definition) is 2. The van der Waals surface area contributed by atoms with Crippen LogP contribution in [0.25, 0.3) is 0 Å². The molecule has 0 bridgehead atoms. The van der Waals surface area contributed by atoms with Crippen LogP contribution in [-0.4, -0.2) is 22.2 Å². The summed E-state index contributed by atoms with van der Waals surface area (Å²) in [7, 11) is 0. The standard InChI is InChI=1S/C16H24OS/c1-12-7-8-13(2)14(9-12)10-15(17)11-18-16-5-3-4-6-16/h7-9,15-17H,3-6,10-11H2,1-2H3. The maximum atomic E-state index is 10.2. The Labute approximate surface area is 115 Å². The molecule has 2 rings (SSSR count). The minimum atomic E-state index is -0.198. The summed E-state index contributed by atoms with van der Waals surface area (Å²) in [5, 5.41) is 11.0. The summed E-state index contributed by atoms with van der Waals surface area (Å²) < 4.78 is 0.